The molecular formula is C22H28ClN7S2. The summed E-state index contributed by atoms with van der Waals surface area (Å²) in [6, 6.07) is 4.51. The number of H-pyrrole nitrogens is 1. The zero-order valence-electron chi connectivity index (χ0n) is 18.8. The number of nitrogens with zero attached hydrogens (tertiary/aromatic N) is 5. The first-order valence-corrected chi connectivity index (χ1v) is 12.1. The van der Waals surface area contributed by atoms with Crippen molar-refractivity contribution in [3.05, 3.63) is 30.7 Å². The Morgan fingerprint density at radius 2 is 1.69 bits per heavy atom. The molecule has 0 atom stereocenters. The lowest BCUT2D eigenvalue weighted by Gasteiger charge is -2.48. The van der Waals surface area contributed by atoms with Crippen LogP contribution in [0.1, 0.15) is 40.5 Å². The van der Waals surface area contributed by atoms with Crippen molar-refractivity contribution >= 4 is 49.9 Å². The molecule has 1 saturated heterocycles. The third-order valence-electron chi connectivity index (χ3n) is 5.79. The van der Waals surface area contributed by atoms with Crippen molar-refractivity contribution < 1.29 is 0 Å². The average molecular weight is 490 g/mol. The van der Waals surface area contributed by atoms with Gasteiger partial charge in [-0.15, -0.1) is 12.4 Å². The molecule has 0 aliphatic carbocycles. The third-order valence-corrected chi connectivity index (χ3v) is 7.95. The second-order valence-electron chi connectivity index (χ2n) is 9.61. The fourth-order valence-electron chi connectivity index (χ4n) is 4.69. The van der Waals surface area contributed by atoms with Crippen LogP contribution in [0.3, 0.4) is 0 Å². The van der Waals surface area contributed by atoms with Gasteiger partial charge in [0.25, 0.3) is 0 Å². The normalized spacial score (nSPS) is 17.9. The number of nitrogens with one attached hydrogen (secondary N) is 2. The van der Waals surface area contributed by atoms with Gasteiger partial charge in [-0.3, -0.25) is 10.1 Å². The van der Waals surface area contributed by atoms with Crippen LogP contribution in [-0.2, 0) is 0 Å². The fraction of sp³-hybridized carbons (Fsp3) is 0.455. The predicted octanol–water partition coefficient (Wildman–Crippen LogP) is 5.37. The van der Waals surface area contributed by atoms with Crippen LogP contribution in [0.25, 0.3) is 31.5 Å². The van der Waals surface area contributed by atoms with Crippen LogP contribution in [0.2, 0.25) is 0 Å². The summed E-state index contributed by atoms with van der Waals surface area (Å²) in [6.45, 7) is 9.15. The molecule has 0 bridgehead atoms. The molecule has 0 unspecified atom stereocenters. The summed E-state index contributed by atoms with van der Waals surface area (Å²) in [5.74, 6) is 0. The molecule has 2 N–H and O–H groups in total. The number of rotatable bonds is 4. The Morgan fingerprint density at radius 3 is 2.28 bits per heavy atom. The standard InChI is InChI=1S/C22H27N7S2.ClH/c1-21(2)8-15(9-22(3,4)28-21)29(5)20-27-19-18(31-20)26-17(30-19)13-6-7-16(23-10-13)14-11-24-25-12-14;/h6-7,10-12,15,28H,8-9H2,1-5H3,(H,24,25);1H. The summed E-state index contributed by atoms with van der Waals surface area (Å²) in [5.41, 5.74) is 3.10. The highest BCUT2D eigenvalue weighted by molar-refractivity contribution is 7.29. The number of piperidine rings is 1. The summed E-state index contributed by atoms with van der Waals surface area (Å²) in [7, 11) is 2.17. The van der Waals surface area contributed by atoms with Gasteiger partial charge in [-0.2, -0.15) is 5.10 Å². The quantitative estimate of drug-likeness (QED) is 0.401. The number of fused-ring (bicyclic) bond motifs is 1. The van der Waals surface area contributed by atoms with Gasteiger partial charge in [0.1, 0.15) is 5.01 Å². The van der Waals surface area contributed by atoms with E-state index in [1.807, 2.05) is 18.5 Å². The minimum Gasteiger partial charge on any atom is -0.348 e. The highest BCUT2D eigenvalue weighted by atomic mass is 35.5. The van der Waals surface area contributed by atoms with Gasteiger partial charge in [0.2, 0.25) is 0 Å². The van der Waals surface area contributed by atoms with E-state index in [0.29, 0.717) is 6.04 Å². The highest BCUT2D eigenvalue weighted by Gasteiger charge is 2.39. The van der Waals surface area contributed by atoms with E-state index in [2.05, 4.69) is 66.2 Å². The number of hydrogen-bond acceptors (Lipinski definition) is 8. The van der Waals surface area contributed by atoms with Gasteiger partial charge >= 0.3 is 0 Å². The lowest BCUT2D eigenvalue weighted by molar-refractivity contribution is 0.161. The van der Waals surface area contributed by atoms with Crippen LogP contribution in [0.15, 0.2) is 30.7 Å². The lowest BCUT2D eigenvalue weighted by atomic mass is 9.79. The monoisotopic (exact) mass is 489 g/mol. The maximum atomic E-state index is 4.93. The van der Waals surface area contributed by atoms with E-state index in [-0.39, 0.29) is 23.5 Å². The number of pyridine rings is 1. The number of halogens is 1. The van der Waals surface area contributed by atoms with Crippen LogP contribution in [-0.4, -0.2) is 49.3 Å². The molecule has 5 rings (SSSR count). The van der Waals surface area contributed by atoms with Gasteiger partial charge in [-0.25, -0.2) is 9.97 Å². The zero-order chi connectivity index (χ0) is 21.8. The van der Waals surface area contributed by atoms with Crippen molar-refractivity contribution in [2.45, 2.75) is 57.7 Å². The molecule has 0 amide bonds. The molecule has 0 aromatic carbocycles. The Labute approximate surface area is 202 Å². The number of thiazole rings is 2. The molecule has 0 spiro atoms. The van der Waals surface area contributed by atoms with Crippen molar-refractivity contribution in [1.29, 1.82) is 0 Å². The van der Waals surface area contributed by atoms with E-state index in [9.17, 15) is 0 Å². The number of aromatic amines is 1. The van der Waals surface area contributed by atoms with Crippen molar-refractivity contribution in [2.75, 3.05) is 11.9 Å². The molecule has 1 aliphatic heterocycles. The Hall–Kier alpha value is -2.07. The smallest absolute Gasteiger partial charge is 0.188 e. The molecule has 170 valence electrons. The van der Waals surface area contributed by atoms with E-state index in [0.717, 1.165) is 49.5 Å². The third kappa shape index (κ3) is 4.52. The second kappa shape index (κ2) is 8.37. The van der Waals surface area contributed by atoms with Crippen molar-refractivity contribution in [3.63, 3.8) is 0 Å². The van der Waals surface area contributed by atoms with Crippen LogP contribution < -0.4 is 10.2 Å². The Balaban J connectivity index is 0.00000245. The van der Waals surface area contributed by atoms with E-state index in [1.54, 1.807) is 28.9 Å². The first-order valence-electron chi connectivity index (χ1n) is 10.4. The van der Waals surface area contributed by atoms with Crippen molar-refractivity contribution in [1.82, 2.24) is 30.5 Å². The van der Waals surface area contributed by atoms with Gasteiger partial charge < -0.3 is 10.2 Å². The van der Waals surface area contributed by atoms with Gasteiger partial charge in [-0.05, 0) is 52.7 Å². The van der Waals surface area contributed by atoms with E-state index in [1.165, 1.54) is 0 Å². The van der Waals surface area contributed by atoms with Gasteiger partial charge in [0, 0.05) is 47.7 Å². The summed E-state index contributed by atoms with van der Waals surface area (Å²) in [4.78, 5) is 18.7. The maximum Gasteiger partial charge on any atom is 0.188 e. The second-order valence-corrected chi connectivity index (χ2v) is 11.5. The number of hydrogen-bond donors (Lipinski definition) is 2. The summed E-state index contributed by atoms with van der Waals surface area (Å²) >= 11 is 3.31. The average Bonchev–Trinajstić information content (AvgIpc) is 3.41. The van der Waals surface area contributed by atoms with E-state index >= 15 is 0 Å². The van der Waals surface area contributed by atoms with Crippen LogP contribution in [0, 0.1) is 0 Å². The Morgan fingerprint density at radius 1 is 0.969 bits per heavy atom. The molecule has 1 aliphatic rings. The topological polar surface area (TPSA) is 82.6 Å². The Kier molecular flexibility index (Phi) is 6.04. The molecule has 1 fully saturated rings. The Bertz CT molecular complexity index is 1150. The minimum atomic E-state index is 0. The largest absolute Gasteiger partial charge is 0.348 e. The minimum absolute atomic E-state index is 0. The van der Waals surface area contributed by atoms with Crippen molar-refractivity contribution in [3.8, 4) is 21.8 Å². The summed E-state index contributed by atoms with van der Waals surface area (Å²) in [5, 5.41) is 12.6. The van der Waals surface area contributed by atoms with Crippen LogP contribution >= 0.6 is 35.1 Å². The molecule has 7 nitrogen and oxygen atoms in total. The summed E-state index contributed by atoms with van der Waals surface area (Å²) in [6.07, 6.45) is 7.67. The van der Waals surface area contributed by atoms with E-state index < -0.39 is 0 Å². The highest BCUT2D eigenvalue weighted by Crippen LogP contribution is 2.39. The molecular weight excluding hydrogens is 462 g/mol. The van der Waals surface area contributed by atoms with Gasteiger partial charge in [-0.1, -0.05) is 22.7 Å². The molecule has 0 radical (unpaired) electrons. The van der Waals surface area contributed by atoms with Crippen molar-refractivity contribution in [2.24, 2.45) is 0 Å². The van der Waals surface area contributed by atoms with E-state index in [4.69, 9.17) is 9.97 Å². The SMILES string of the molecule is CN(c1nc2sc(-c3ccc(-c4cn[nH]c4)nc3)nc2s1)C1CC(C)(C)NC(C)(C)C1.Cl. The molecule has 4 aromatic heterocycles. The molecule has 10 heteroatoms. The number of aromatic nitrogens is 5. The first kappa shape index (κ1) is 23.1. The first-order chi connectivity index (χ1) is 14.7. The molecule has 5 heterocycles. The summed E-state index contributed by atoms with van der Waals surface area (Å²) < 4.78 is 0. The molecule has 4 aromatic rings. The fourth-order valence-corrected chi connectivity index (χ4v) is 6.75. The van der Waals surface area contributed by atoms with Gasteiger partial charge in [0.05, 0.1) is 11.9 Å². The van der Waals surface area contributed by atoms with Crippen LogP contribution in [0.4, 0.5) is 5.13 Å². The number of anilines is 1. The zero-order valence-corrected chi connectivity index (χ0v) is 21.3. The van der Waals surface area contributed by atoms with Gasteiger partial charge in [0.15, 0.2) is 14.8 Å². The maximum absolute atomic E-state index is 4.93. The molecule has 32 heavy (non-hydrogen) atoms. The van der Waals surface area contributed by atoms with Crippen LogP contribution in [0.5, 0.6) is 0 Å². The molecule has 0 saturated carbocycles. The predicted molar refractivity (Wildman–Crippen MR) is 136 cm³/mol. The lowest BCUT2D eigenvalue weighted by Crippen LogP contribution is -2.61.